The molecule has 0 aliphatic rings. The molecule has 0 aromatic carbocycles. The second-order valence-electron chi connectivity index (χ2n) is 11.7. The van der Waals surface area contributed by atoms with Crippen molar-refractivity contribution in [3.8, 4) is 0 Å². The zero-order chi connectivity index (χ0) is 45.7. The highest BCUT2D eigenvalue weighted by atomic mass is 16.5. The van der Waals surface area contributed by atoms with E-state index >= 15 is 0 Å². The lowest BCUT2D eigenvalue weighted by Gasteiger charge is -1.99. The van der Waals surface area contributed by atoms with Crippen LogP contribution in [0.5, 0.6) is 0 Å². The number of carbonyl (C=O) groups is 4. The van der Waals surface area contributed by atoms with E-state index in [1.807, 2.05) is 76.3 Å². The number of rotatable bonds is 15. The molecular formula is C44H47N7O11. The monoisotopic (exact) mass is 849 g/mol. The number of furan rings is 4. The van der Waals surface area contributed by atoms with E-state index in [0.29, 0.717) is 41.5 Å². The minimum absolute atomic E-state index is 0.138. The number of allylic oxidation sites excluding steroid dienone is 4. The molecule has 0 radical (unpaired) electrons. The number of hydrogen-bond acceptors (Lipinski definition) is 13. The van der Waals surface area contributed by atoms with Crippen molar-refractivity contribution in [2.75, 3.05) is 19.8 Å². The summed E-state index contributed by atoms with van der Waals surface area (Å²) in [7, 11) is 0. The maximum Gasteiger partial charge on any atom is 0.354 e. The fraction of sp³-hybridized carbons (Fsp3) is 0.227. The zero-order valence-electron chi connectivity index (χ0n) is 35.3. The van der Waals surface area contributed by atoms with Gasteiger partial charge < -0.3 is 36.9 Å². The van der Waals surface area contributed by atoms with Gasteiger partial charge in [-0.2, -0.15) is 0 Å². The molecule has 0 saturated carbocycles. The van der Waals surface area contributed by atoms with Gasteiger partial charge >= 0.3 is 17.9 Å². The Labute approximate surface area is 356 Å². The lowest BCUT2D eigenvalue weighted by atomic mass is 10.2. The number of aldehydes is 1. The van der Waals surface area contributed by atoms with Gasteiger partial charge in [-0.15, -0.1) is 0 Å². The van der Waals surface area contributed by atoms with Gasteiger partial charge in [0.05, 0.1) is 44.1 Å². The molecule has 0 aliphatic heterocycles. The topological polar surface area (TPSA) is 262 Å². The highest BCUT2D eigenvalue weighted by Crippen LogP contribution is 2.23. The summed E-state index contributed by atoms with van der Waals surface area (Å²) in [5, 5.41) is 6.56. The van der Waals surface area contributed by atoms with Gasteiger partial charge in [-0.1, -0.05) is 58.8 Å². The molecule has 5 aromatic heterocycles. The molecule has 0 unspecified atom stereocenters. The third-order valence-corrected chi connectivity index (χ3v) is 7.17. The first-order valence-electron chi connectivity index (χ1n) is 18.9. The van der Waals surface area contributed by atoms with Gasteiger partial charge in [-0.25, -0.2) is 14.4 Å². The number of nitrogens with zero attached hydrogens (tertiary/aromatic N) is 6. The van der Waals surface area contributed by atoms with Crippen LogP contribution in [0.2, 0.25) is 0 Å². The van der Waals surface area contributed by atoms with Crippen LogP contribution in [0.15, 0.2) is 113 Å². The first kappa shape index (κ1) is 49.9. The number of ether oxygens (including phenoxy) is 3. The summed E-state index contributed by atoms with van der Waals surface area (Å²) in [6, 6.07) is 6.77. The second kappa shape index (κ2) is 28.3. The van der Waals surface area contributed by atoms with E-state index < -0.39 is 11.9 Å². The van der Waals surface area contributed by atoms with Crippen LogP contribution in [0.4, 0.5) is 0 Å². The predicted octanol–water partition coefficient (Wildman–Crippen LogP) is 12.1. The molecule has 0 fully saturated rings. The molecule has 18 heteroatoms. The lowest BCUT2D eigenvalue weighted by Crippen LogP contribution is -2.05. The van der Waals surface area contributed by atoms with Crippen molar-refractivity contribution in [3.63, 3.8) is 0 Å². The number of hydrogen-bond donors (Lipinski definition) is 1. The van der Waals surface area contributed by atoms with Crippen LogP contribution >= 0.6 is 0 Å². The first-order valence-corrected chi connectivity index (χ1v) is 18.9. The van der Waals surface area contributed by atoms with Crippen molar-refractivity contribution in [2.24, 2.45) is 10.2 Å². The summed E-state index contributed by atoms with van der Waals surface area (Å²) in [5.41, 5.74) is 22.0. The highest BCUT2D eigenvalue weighted by molar-refractivity contribution is 5.96. The number of aromatic amines is 1. The third-order valence-electron chi connectivity index (χ3n) is 7.17. The molecule has 5 aromatic rings. The molecule has 0 amide bonds. The van der Waals surface area contributed by atoms with Crippen molar-refractivity contribution in [1.82, 2.24) is 4.98 Å². The summed E-state index contributed by atoms with van der Waals surface area (Å²) in [4.78, 5) is 52.6. The number of H-pyrrole nitrogens is 1. The van der Waals surface area contributed by atoms with Crippen molar-refractivity contribution < 1.29 is 51.1 Å². The van der Waals surface area contributed by atoms with Crippen LogP contribution in [0.25, 0.3) is 68.4 Å². The molecule has 62 heavy (non-hydrogen) atoms. The average molecular weight is 850 g/mol. The minimum atomic E-state index is -0.681. The maximum atomic E-state index is 11.5. The van der Waals surface area contributed by atoms with E-state index in [2.05, 4.69) is 25.0 Å². The molecule has 18 nitrogen and oxygen atoms in total. The number of azide groups is 2. The summed E-state index contributed by atoms with van der Waals surface area (Å²) >= 11 is 0. The molecule has 0 saturated heterocycles. The van der Waals surface area contributed by atoms with Crippen LogP contribution in [0.1, 0.15) is 103 Å². The number of aromatic nitrogens is 1. The average Bonchev–Trinajstić information content (AvgIpc) is 4.11. The number of carbonyl (C=O) groups excluding carboxylic acids is 4. The van der Waals surface area contributed by atoms with E-state index in [-0.39, 0.29) is 30.6 Å². The minimum Gasteiger partial charge on any atom is -0.464 e. The Hall–Kier alpha value is -8.20. The Balaban J connectivity index is 0.000000290. The molecule has 0 spiro atoms. The van der Waals surface area contributed by atoms with Crippen LogP contribution in [0.3, 0.4) is 0 Å². The third kappa shape index (κ3) is 17.0. The molecule has 5 heterocycles. The van der Waals surface area contributed by atoms with Crippen LogP contribution in [-0.2, 0) is 23.8 Å². The van der Waals surface area contributed by atoms with Gasteiger partial charge in [0.2, 0.25) is 0 Å². The summed E-state index contributed by atoms with van der Waals surface area (Å²) in [6.45, 7) is 13.5. The molecule has 0 aliphatic carbocycles. The molecular weight excluding hydrogens is 803 g/mol. The molecule has 324 valence electrons. The van der Waals surface area contributed by atoms with Crippen molar-refractivity contribution in [3.05, 3.63) is 151 Å². The van der Waals surface area contributed by atoms with E-state index in [9.17, 15) is 19.2 Å². The Kier molecular flexibility index (Phi) is 22.8. The number of fused-ring (bicyclic) bond motifs is 1. The number of nitrogens with one attached hydrogen (secondary N) is 1. The first-order chi connectivity index (χ1) is 30.0. The van der Waals surface area contributed by atoms with Crippen LogP contribution < -0.4 is 0 Å². The van der Waals surface area contributed by atoms with Gasteiger partial charge in [-0.3, -0.25) is 4.79 Å². The standard InChI is InChI=1S/2C12H13N3O3.C12H13NO3.C8H8O2/c2*1-3-5-9-6-10(18-8-9)7-11(14-15-13)12(16)17-4-2;1-3-5-8-7-16-10-6-9(13-11(8)10)12(14)15-4-2;1-2-3-7-4-8(5-9)10-6-7/h2*3,5-8H,4H2,1-2H3;3,5-7,13H,4H2,1-2H3;2-6H,1H3/b2*5-3-,11-7-;5-3-;3-2-. The van der Waals surface area contributed by atoms with E-state index in [0.717, 1.165) is 27.8 Å². The van der Waals surface area contributed by atoms with Crippen molar-refractivity contribution in [2.45, 2.75) is 48.5 Å². The van der Waals surface area contributed by atoms with E-state index in [4.69, 9.17) is 42.9 Å². The van der Waals surface area contributed by atoms with Crippen molar-refractivity contribution >= 4 is 71.7 Å². The predicted molar refractivity (Wildman–Crippen MR) is 234 cm³/mol. The fourth-order valence-electron chi connectivity index (χ4n) is 4.74. The van der Waals surface area contributed by atoms with E-state index in [1.165, 1.54) is 24.7 Å². The van der Waals surface area contributed by atoms with Gasteiger partial charge in [0.15, 0.2) is 17.6 Å². The molecule has 1 N–H and O–H groups in total. The summed E-state index contributed by atoms with van der Waals surface area (Å²) in [5.74, 6) is -0.524. The van der Waals surface area contributed by atoms with Crippen LogP contribution in [0, 0.1) is 0 Å². The lowest BCUT2D eigenvalue weighted by molar-refractivity contribution is -0.139. The van der Waals surface area contributed by atoms with Gasteiger partial charge in [-0.05, 0) is 89.9 Å². The van der Waals surface area contributed by atoms with Crippen LogP contribution in [-0.4, -0.2) is 49.0 Å². The fourth-order valence-corrected chi connectivity index (χ4v) is 4.74. The Morgan fingerprint density at radius 2 is 1.06 bits per heavy atom. The second-order valence-corrected chi connectivity index (χ2v) is 11.7. The largest absolute Gasteiger partial charge is 0.464 e. The normalized spacial score (nSPS) is 11.2. The number of esters is 3. The highest BCUT2D eigenvalue weighted by Gasteiger charge is 2.14. The van der Waals surface area contributed by atoms with Gasteiger partial charge in [0, 0.05) is 38.1 Å². The Bertz CT molecular complexity index is 2410. The smallest absolute Gasteiger partial charge is 0.354 e. The Morgan fingerprint density at radius 1 is 0.629 bits per heavy atom. The van der Waals surface area contributed by atoms with Gasteiger partial charge in [0.25, 0.3) is 0 Å². The van der Waals surface area contributed by atoms with Gasteiger partial charge in [0.1, 0.15) is 34.9 Å². The quantitative estimate of drug-likeness (QED) is 0.0197. The molecule has 5 rings (SSSR count). The zero-order valence-corrected chi connectivity index (χ0v) is 35.3. The maximum absolute atomic E-state index is 11.5. The van der Waals surface area contributed by atoms with E-state index in [1.54, 1.807) is 57.6 Å². The molecule has 0 bridgehead atoms. The summed E-state index contributed by atoms with van der Waals surface area (Å²) < 4.78 is 35.0. The SMILES string of the molecule is C/C=C\c1coc(/C=C(\N=[N+]=[N-])C(=O)OCC)c1.C/C=C\c1coc(/C=C(\N=[N+]=[N-])C(=O)OCC)c1.C/C=C\c1coc(C=O)c1.C/C=C\c1coc2cc(C(=O)OCC)[nH]c12. The Morgan fingerprint density at radius 3 is 1.45 bits per heavy atom. The summed E-state index contributed by atoms with van der Waals surface area (Å²) in [6.07, 6.45) is 24.6. The van der Waals surface area contributed by atoms with Crippen molar-refractivity contribution in [1.29, 1.82) is 0 Å². The molecule has 0 atom stereocenters.